The minimum atomic E-state index is 0.357. The predicted molar refractivity (Wildman–Crippen MR) is 271 cm³/mol. The number of allylic oxidation sites excluding steroid dienone is 11. The summed E-state index contributed by atoms with van der Waals surface area (Å²) in [5.41, 5.74) is 23.5. The summed E-state index contributed by atoms with van der Waals surface area (Å²) in [5.74, 6) is 1.80. The van der Waals surface area contributed by atoms with Gasteiger partial charge in [-0.05, 0) is 166 Å². The summed E-state index contributed by atoms with van der Waals surface area (Å²) < 4.78 is 2.58. The third kappa shape index (κ3) is 6.94. The standard InChI is InChI=1S/C63H55N/c1-42-55-34-32-50(40-60(55)56-24-11-12-26-59(56)63(42)47-30-28-46(29-31-47)43-16-5-2-6-17-43)48-22-15-23-49(36-48)51-33-35-58-57-25-13-14-27-61(57)64(62(58)41-51)54-38-52(44-18-7-3-8-19-44)37-53(39-54)45-20-9-4-10-21-45/h2-9,11-12,14-16,18-19,22-24,26-31,33,35-43,45,63H,10,13,17,20-21,25,32,34H2,1H3/t42-,43?,45?,63?/m1/s1. The van der Waals surface area contributed by atoms with Gasteiger partial charge in [0.1, 0.15) is 0 Å². The van der Waals surface area contributed by atoms with Crippen LogP contribution in [0.3, 0.4) is 0 Å². The van der Waals surface area contributed by atoms with E-state index in [1.807, 2.05) is 0 Å². The Morgan fingerprint density at radius 1 is 0.562 bits per heavy atom. The van der Waals surface area contributed by atoms with Crippen LogP contribution < -0.4 is 0 Å². The Kier molecular flexibility index (Phi) is 10.0. The molecule has 0 bridgehead atoms. The van der Waals surface area contributed by atoms with Crippen molar-refractivity contribution in [1.82, 2.24) is 4.57 Å². The van der Waals surface area contributed by atoms with Crippen LogP contribution in [0, 0.1) is 5.92 Å². The lowest BCUT2D eigenvalue weighted by Gasteiger charge is -2.37. The molecule has 0 N–H and O–H groups in total. The Morgan fingerprint density at radius 2 is 1.39 bits per heavy atom. The highest BCUT2D eigenvalue weighted by Gasteiger charge is 2.35. The van der Waals surface area contributed by atoms with Crippen LogP contribution in [0.1, 0.15) is 114 Å². The Labute approximate surface area is 379 Å². The van der Waals surface area contributed by atoms with Gasteiger partial charge in [-0.25, -0.2) is 0 Å². The largest absolute Gasteiger partial charge is 0.310 e. The van der Waals surface area contributed by atoms with Crippen LogP contribution in [0.4, 0.5) is 0 Å². The Balaban J connectivity index is 0.911. The van der Waals surface area contributed by atoms with Crippen LogP contribution in [0.15, 0.2) is 194 Å². The molecule has 0 saturated carbocycles. The van der Waals surface area contributed by atoms with Gasteiger partial charge in [0.15, 0.2) is 0 Å². The molecule has 0 aliphatic heterocycles. The molecule has 0 fully saturated rings. The first kappa shape index (κ1) is 38.9. The number of hydrogen-bond donors (Lipinski definition) is 0. The van der Waals surface area contributed by atoms with Gasteiger partial charge in [-0.2, -0.15) is 0 Å². The van der Waals surface area contributed by atoms with Gasteiger partial charge < -0.3 is 4.57 Å². The number of rotatable bonds is 7. The summed E-state index contributed by atoms with van der Waals surface area (Å²) >= 11 is 0. The summed E-state index contributed by atoms with van der Waals surface area (Å²) in [6.07, 6.45) is 29.8. The van der Waals surface area contributed by atoms with Crippen LogP contribution in [0.2, 0.25) is 0 Å². The summed E-state index contributed by atoms with van der Waals surface area (Å²) in [6, 6.07) is 53.8. The topological polar surface area (TPSA) is 4.93 Å². The minimum absolute atomic E-state index is 0.357. The SMILES string of the molecule is C[C@@H]1C2=C(C=C(c3cccc(-c4ccc5c6c(n(-c7cc(-c8ccccc8)cc(C8CC=CCC8)c7)c5c4)C=CCC6)c3)CC2)c2ccccc2C1c1ccc(C2C=CC=CC2)cc1. The molecule has 12 rings (SSSR count). The minimum Gasteiger partial charge on any atom is -0.310 e. The average molecular weight is 826 g/mol. The van der Waals surface area contributed by atoms with Crippen LogP contribution in [0.25, 0.3) is 56.1 Å². The highest BCUT2D eigenvalue weighted by Crippen LogP contribution is 2.51. The smallest absolute Gasteiger partial charge is 0.0543 e. The lowest BCUT2D eigenvalue weighted by molar-refractivity contribution is 0.560. The van der Waals surface area contributed by atoms with E-state index in [-0.39, 0.29) is 0 Å². The van der Waals surface area contributed by atoms with Gasteiger partial charge in [0, 0.05) is 28.6 Å². The lowest BCUT2D eigenvalue weighted by Crippen LogP contribution is -2.22. The molecule has 312 valence electrons. The van der Waals surface area contributed by atoms with Crippen LogP contribution in [0.5, 0.6) is 0 Å². The Morgan fingerprint density at radius 3 is 2.25 bits per heavy atom. The second-order valence-electron chi connectivity index (χ2n) is 18.9. The van der Waals surface area contributed by atoms with Crippen molar-refractivity contribution in [3.05, 3.63) is 238 Å². The van der Waals surface area contributed by atoms with E-state index in [0.717, 1.165) is 44.9 Å². The second kappa shape index (κ2) is 16.5. The first-order valence-electron chi connectivity index (χ1n) is 23.9. The number of aromatic nitrogens is 1. The monoisotopic (exact) mass is 825 g/mol. The third-order valence-corrected chi connectivity index (χ3v) is 15.2. The molecule has 0 spiro atoms. The molecule has 0 saturated heterocycles. The molecular formula is C63H55N. The van der Waals surface area contributed by atoms with E-state index in [1.54, 1.807) is 5.57 Å². The first-order valence-corrected chi connectivity index (χ1v) is 23.9. The maximum Gasteiger partial charge on any atom is 0.0543 e. The lowest BCUT2D eigenvalue weighted by atomic mass is 9.66. The third-order valence-electron chi connectivity index (χ3n) is 15.2. The van der Waals surface area contributed by atoms with Crippen molar-refractivity contribution in [2.45, 2.75) is 76.0 Å². The van der Waals surface area contributed by atoms with Gasteiger partial charge in [-0.1, -0.05) is 176 Å². The van der Waals surface area contributed by atoms with Crippen molar-refractivity contribution >= 4 is 28.1 Å². The van der Waals surface area contributed by atoms with Crippen molar-refractivity contribution in [3.63, 3.8) is 0 Å². The van der Waals surface area contributed by atoms with E-state index in [1.165, 1.54) is 101 Å². The number of nitrogens with zero attached hydrogens (tertiary/aromatic N) is 1. The maximum absolute atomic E-state index is 2.58. The van der Waals surface area contributed by atoms with Gasteiger partial charge in [0.05, 0.1) is 5.52 Å². The molecule has 1 nitrogen and oxygen atoms in total. The summed E-state index contributed by atoms with van der Waals surface area (Å²) in [5, 5.41) is 1.37. The van der Waals surface area contributed by atoms with E-state index in [9.17, 15) is 0 Å². The van der Waals surface area contributed by atoms with E-state index in [0.29, 0.717) is 23.7 Å². The zero-order valence-electron chi connectivity index (χ0n) is 36.9. The summed E-state index contributed by atoms with van der Waals surface area (Å²) in [6.45, 7) is 2.48. The number of hydrogen-bond acceptors (Lipinski definition) is 0. The molecule has 1 heteroatoms. The van der Waals surface area contributed by atoms with E-state index in [4.69, 9.17) is 0 Å². The molecule has 1 aromatic heterocycles. The molecule has 6 aromatic carbocycles. The number of aryl methyl sites for hydroxylation is 1. The van der Waals surface area contributed by atoms with Crippen molar-refractivity contribution in [3.8, 4) is 27.9 Å². The molecule has 0 amide bonds. The van der Waals surface area contributed by atoms with Crippen LogP contribution >= 0.6 is 0 Å². The molecule has 1 heterocycles. The van der Waals surface area contributed by atoms with E-state index < -0.39 is 0 Å². The number of benzene rings is 6. The Hall–Kier alpha value is -6.70. The molecule has 3 unspecified atom stereocenters. The predicted octanol–water partition coefficient (Wildman–Crippen LogP) is 16.8. The quantitative estimate of drug-likeness (QED) is 0.141. The van der Waals surface area contributed by atoms with Crippen LogP contribution in [-0.2, 0) is 6.42 Å². The van der Waals surface area contributed by atoms with E-state index >= 15 is 0 Å². The van der Waals surface area contributed by atoms with Gasteiger partial charge in [-0.3, -0.25) is 0 Å². The second-order valence-corrected chi connectivity index (χ2v) is 18.9. The highest BCUT2D eigenvalue weighted by molar-refractivity contribution is 5.95. The van der Waals surface area contributed by atoms with Gasteiger partial charge in [-0.15, -0.1) is 0 Å². The van der Waals surface area contributed by atoms with Crippen molar-refractivity contribution < 1.29 is 0 Å². The zero-order valence-corrected chi connectivity index (χ0v) is 36.9. The molecular weight excluding hydrogens is 771 g/mol. The number of fused-ring (bicyclic) bond motifs is 5. The van der Waals surface area contributed by atoms with Gasteiger partial charge in [0.25, 0.3) is 0 Å². The van der Waals surface area contributed by atoms with Gasteiger partial charge >= 0.3 is 0 Å². The molecule has 5 aliphatic carbocycles. The molecule has 0 radical (unpaired) electrons. The van der Waals surface area contributed by atoms with Crippen LogP contribution in [-0.4, -0.2) is 4.57 Å². The normalized spacial score (nSPS) is 21.1. The fraction of sp³-hybridized carbons (Fsp3) is 0.206. The maximum atomic E-state index is 2.58. The Bertz CT molecular complexity index is 3120. The summed E-state index contributed by atoms with van der Waals surface area (Å²) in [7, 11) is 0. The zero-order chi connectivity index (χ0) is 42.6. The highest BCUT2D eigenvalue weighted by atomic mass is 15.0. The van der Waals surface area contributed by atoms with Gasteiger partial charge in [0.2, 0.25) is 0 Å². The average Bonchev–Trinajstić information content (AvgIpc) is 3.71. The van der Waals surface area contributed by atoms with E-state index in [2.05, 4.69) is 206 Å². The fourth-order valence-corrected chi connectivity index (χ4v) is 11.9. The first-order chi connectivity index (χ1) is 31.6. The molecule has 64 heavy (non-hydrogen) atoms. The molecule has 4 atom stereocenters. The van der Waals surface area contributed by atoms with Crippen molar-refractivity contribution in [1.29, 1.82) is 0 Å². The van der Waals surface area contributed by atoms with Crippen molar-refractivity contribution in [2.24, 2.45) is 5.92 Å². The molecule has 7 aromatic rings. The molecule has 5 aliphatic rings. The fourth-order valence-electron chi connectivity index (χ4n) is 11.9. The van der Waals surface area contributed by atoms with Crippen molar-refractivity contribution in [2.75, 3.05) is 0 Å². The summed E-state index contributed by atoms with van der Waals surface area (Å²) in [4.78, 5) is 0.